The molecule has 2 aromatic heterocycles. The lowest BCUT2D eigenvalue weighted by Crippen LogP contribution is -2.06. The molecule has 27 heavy (non-hydrogen) atoms. The maximum Gasteiger partial charge on any atom is 0.227 e. The smallest absolute Gasteiger partial charge is 0.227 e. The number of fused-ring (bicyclic) bond motifs is 1. The fourth-order valence-electron chi connectivity index (χ4n) is 2.85. The summed E-state index contributed by atoms with van der Waals surface area (Å²) in [5.41, 5.74) is 4.49. The number of aromatic nitrogens is 4. The molecule has 1 amide bonds. The predicted octanol–water partition coefficient (Wildman–Crippen LogP) is 3.73. The van der Waals surface area contributed by atoms with E-state index in [1.807, 2.05) is 61.9 Å². The van der Waals surface area contributed by atoms with Gasteiger partial charge in [-0.05, 0) is 35.9 Å². The first-order valence-corrected chi connectivity index (χ1v) is 8.47. The third-order valence-corrected chi connectivity index (χ3v) is 4.06. The van der Waals surface area contributed by atoms with E-state index in [4.69, 9.17) is 0 Å². The average molecular weight is 358 g/mol. The normalized spacial score (nSPS) is 10.7. The van der Waals surface area contributed by atoms with Gasteiger partial charge in [0.2, 0.25) is 11.9 Å². The molecule has 0 aliphatic rings. The summed E-state index contributed by atoms with van der Waals surface area (Å²) < 4.78 is 1.78. The first-order valence-electron chi connectivity index (χ1n) is 8.47. The lowest BCUT2D eigenvalue weighted by atomic mass is 10.1. The lowest BCUT2D eigenvalue weighted by molar-refractivity contribution is -0.114. The minimum Gasteiger partial charge on any atom is -0.326 e. The van der Waals surface area contributed by atoms with E-state index < -0.39 is 0 Å². The molecule has 0 atom stereocenters. The Hall–Kier alpha value is -3.74. The molecule has 0 spiro atoms. The molecule has 2 aromatic carbocycles. The van der Waals surface area contributed by atoms with Crippen LogP contribution in [0.5, 0.6) is 0 Å². The van der Waals surface area contributed by atoms with Crippen LogP contribution in [-0.2, 0) is 11.8 Å². The van der Waals surface area contributed by atoms with Crippen LogP contribution in [0.15, 0.2) is 61.1 Å². The zero-order valence-electron chi connectivity index (χ0n) is 15.0. The van der Waals surface area contributed by atoms with E-state index in [9.17, 15) is 4.79 Å². The Balaban J connectivity index is 1.59. The molecule has 0 aliphatic carbocycles. The molecule has 0 fully saturated rings. The zero-order chi connectivity index (χ0) is 18.8. The minimum absolute atomic E-state index is 0.112. The van der Waals surface area contributed by atoms with Crippen molar-refractivity contribution in [3.63, 3.8) is 0 Å². The van der Waals surface area contributed by atoms with E-state index in [1.165, 1.54) is 6.92 Å². The maximum atomic E-state index is 11.2. The Morgan fingerprint density at radius 1 is 1.04 bits per heavy atom. The van der Waals surface area contributed by atoms with E-state index in [0.29, 0.717) is 5.95 Å². The van der Waals surface area contributed by atoms with E-state index >= 15 is 0 Å². The fraction of sp³-hybridized carbons (Fsp3) is 0.100. The number of hydrogen-bond acceptors (Lipinski definition) is 5. The Morgan fingerprint density at radius 2 is 1.89 bits per heavy atom. The highest BCUT2D eigenvalue weighted by Crippen LogP contribution is 2.24. The molecular formula is C20H18N6O. The van der Waals surface area contributed by atoms with Crippen LogP contribution in [0.25, 0.3) is 22.0 Å². The number of carbonyl (C=O) groups excluding carboxylic acids is 1. The lowest BCUT2D eigenvalue weighted by Gasteiger charge is -2.08. The van der Waals surface area contributed by atoms with Crippen molar-refractivity contribution in [3.8, 4) is 11.1 Å². The van der Waals surface area contributed by atoms with Crippen LogP contribution in [0, 0.1) is 0 Å². The molecule has 2 N–H and O–H groups in total. The van der Waals surface area contributed by atoms with Crippen LogP contribution in [0.3, 0.4) is 0 Å². The first kappa shape index (κ1) is 16.7. The van der Waals surface area contributed by atoms with Crippen molar-refractivity contribution in [1.82, 2.24) is 19.7 Å². The number of hydrogen-bond donors (Lipinski definition) is 2. The fourth-order valence-corrected chi connectivity index (χ4v) is 2.85. The maximum absolute atomic E-state index is 11.2. The van der Waals surface area contributed by atoms with Crippen molar-refractivity contribution in [2.75, 3.05) is 10.6 Å². The van der Waals surface area contributed by atoms with Crippen molar-refractivity contribution in [1.29, 1.82) is 0 Å². The third-order valence-electron chi connectivity index (χ3n) is 4.06. The van der Waals surface area contributed by atoms with E-state index in [-0.39, 0.29) is 5.91 Å². The van der Waals surface area contributed by atoms with E-state index in [0.717, 1.165) is 33.4 Å². The van der Waals surface area contributed by atoms with Crippen molar-refractivity contribution in [2.45, 2.75) is 6.92 Å². The van der Waals surface area contributed by atoms with Crippen LogP contribution in [-0.4, -0.2) is 25.7 Å². The van der Waals surface area contributed by atoms with Crippen LogP contribution in [0.1, 0.15) is 6.92 Å². The van der Waals surface area contributed by atoms with Crippen molar-refractivity contribution in [2.24, 2.45) is 7.05 Å². The van der Waals surface area contributed by atoms with Gasteiger partial charge in [0.25, 0.3) is 0 Å². The Bertz CT molecular complexity index is 1130. The summed E-state index contributed by atoms with van der Waals surface area (Å²) in [6.45, 7) is 1.48. The second-order valence-corrected chi connectivity index (χ2v) is 6.26. The van der Waals surface area contributed by atoms with Gasteiger partial charge in [0.05, 0.1) is 11.7 Å². The molecule has 0 saturated heterocycles. The van der Waals surface area contributed by atoms with Gasteiger partial charge in [-0.1, -0.05) is 12.1 Å². The number of carbonyl (C=O) groups is 1. The first-order chi connectivity index (χ1) is 13.1. The molecule has 0 saturated carbocycles. The number of amides is 1. The number of nitrogens with one attached hydrogen (secondary N) is 2. The zero-order valence-corrected chi connectivity index (χ0v) is 15.0. The summed E-state index contributed by atoms with van der Waals surface area (Å²) in [6, 6.07) is 13.5. The summed E-state index contributed by atoms with van der Waals surface area (Å²) in [5.74, 6) is 0.384. The molecule has 0 aliphatic heterocycles. The number of benzene rings is 2. The Labute approximate surface area is 156 Å². The quantitative estimate of drug-likeness (QED) is 0.581. The summed E-state index contributed by atoms with van der Waals surface area (Å²) in [5, 5.41) is 11.1. The van der Waals surface area contributed by atoms with Crippen LogP contribution in [0.4, 0.5) is 17.3 Å². The van der Waals surface area contributed by atoms with Crippen LogP contribution < -0.4 is 10.6 Å². The molecule has 2 heterocycles. The molecule has 0 unspecified atom stereocenters. The number of nitrogens with zero attached hydrogens (tertiary/aromatic N) is 4. The molecule has 0 radical (unpaired) electrons. The molecule has 0 bridgehead atoms. The van der Waals surface area contributed by atoms with Gasteiger partial charge in [-0.2, -0.15) is 5.10 Å². The van der Waals surface area contributed by atoms with Crippen LogP contribution >= 0.6 is 0 Å². The SMILES string of the molecule is CC(=O)Nc1cccc(Nc2ncc3cc(-c4cnn(C)c4)ccc3n2)c1. The standard InChI is InChI=1S/C20H18N6O/c1-13(27)23-17-4-3-5-18(9-17)24-20-21-10-15-8-14(6-7-19(15)25-20)16-11-22-26(2)12-16/h3-12H,1-2H3,(H,23,27)(H,21,24,25). The summed E-state index contributed by atoms with van der Waals surface area (Å²) in [7, 11) is 1.90. The molecular weight excluding hydrogens is 340 g/mol. The molecule has 4 aromatic rings. The van der Waals surface area contributed by atoms with Gasteiger partial charge < -0.3 is 10.6 Å². The molecule has 4 rings (SSSR count). The summed E-state index contributed by atoms with van der Waals surface area (Å²) in [6.07, 6.45) is 5.60. The van der Waals surface area contributed by atoms with Crippen molar-refractivity contribution in [3.05, 3.63) is 61.1 Å². The van der Waals surface area contributed by atoms with Gasteiger partial charge in [0, 0.05) is 48.7 Å². The van der Waals surface area contributed by atoms with Gasteiger partial charge >= 0.3 is 0 Å². The molecule has 7 heteroatoms. The predicted molar refractivity (Wildman–Crippen MR) is 106 cm³/mol. The third kappa shape index (κ3) is 3.77. The van der Waals surface area contributed by atoms with Crippen molar-refractivity contribution < 1.29 is 4.79 Å². The van der Waals surface area contributed by atoms with E-state index in [1.54, 1.807) is 10.9 Å². The van der Waals surface area contributed by atoms with Crippen molar-refractivity contribution >= 4 is 34.1 Å². The highest BCUT2D eigenvalue weighted by atomic mass is 16.1. The van der Waals surface area contributed by atoms with E-state index in [2.05, 4.69) is 25.7 Å². The highest BCUT2D eigenvalue weighted by Gasteiger charge is 2.06. The number of aryl methyl sites for hydroxylation is 1. The topological polar surface area (TPSA) is 84.7 Å². The van der Waals surface area contributed by atoms with Gasteiger partial charge in [-0.25, -0.2) is 9.97 Å². The molecule has 7 nitrogen and oxygen atoms in total. The monoisotopic (exact) mass is 358 g/mol. The van der Waals surface area contributed by atoms with Gasteiger partial charge in [-0.3, -0.25) is 9.48 Å². The van der Waals surface area contributed by atoms with Gasteiger partial charge in [-0.15, -0.1) is 0 Å². The molecule has 134 valence electrons. The second-order valence-electron chi connectivity index (χ2n) is 6.26. The summed E-state index contributed by atoms with van der Waals surface area (Å²) in [4.78, 5) is 20.2. The largest absolute Gasteiger partial charge is 0.326 e. The van der Waals surface area contributed by atoms with Crippen LogP contribution in [0.2, 0.25) is 0 Å². The highest BCUT2D eigenvalue weighted by molar-refractivity contribution is 5.89. The van der Waals surface area contributed by atoms with Gasteiger partial charge in [0.1, 0.15) is 0 Å². The summed E-state index contributed by atoms with van der Waals surface area (Å²) >= 11 is 0. The number of anilines is 3. The number of rotatable bonds is 4. The Kier molecular flexibility index (Phi) is 4.25. The second kappa shape index (κ2) is 6.87. The minimum atomic E-state index is -0.112. The average Bonchev–Trinajstić information content (AvgIpc) is 3.07. The Morgan fingerprint density at radius 3 is 2.67 bits per heavy atom. The van der Waals surface area contributed by atoms with Gasteiger partial charge in [0.15, 0.2) is 0 Å².